The normalized spacial score (nSPS) is 12.3. The van der Waals surface area contributed by atoms with Crippen LogP contribution in [0.25, 0.3) is 0 Å². The van der Waals surface area contributed by atoms with Crippen molar-refractivity contribution in [1.82, 2.24) is 15.1 Å². The van der Waals surface area contributed by atoms with Gasteiger partial charge in [0.25, 0.3) is 0 Å². The molecule has 0 spiro atoms. The summed E-state index contributed by atoms with van der Waals surface area (Å²) in [5, 5.41) is 7.71. The van der Waals surface area contributed by atoms with Gasteiger partial charge >= 0.3 is 0 Å². The Labute approximate surface area is 132 Å². The van der Waals surface area contributed by atoms with Crippen molar-refractivity contribution in [3.8, 4) is 5.88 Å². The largest absolute Gasteiger partial charge is 0.473 e. The molecular formula is C17H25N3O2. The van der Waals surface area contributed by atoms with Gasteiger partial charge in [0.05, 0.1) is 11.8 Å². The third-order valence-corrected chi connectivity index (χ3v) is 3.53. The first-order valence-corrected chi connectivity index (χ1v) is 7.63. The minimum absolute atomic E-state index is 0.207. The van der Waals surface area contributed by atoms with Crippen LogP contribution in [0.15, 0.2) is 36.4 Å². The summed E-state index contributed by atoms with van der Waals surface area (Å²) in [6, 6.07) is 12.2. The summed E-state index contributed by atoms with van der Waals surface area (Å²) >= 11 is 0. The second kappa shape index (κ2) is 8.56. The molecule has 0 aliphatic heterocycles. The van der Waals surface area contributed by atoms with E-state index in [0.717, 1.165) is 36.6 Å². The number of hydrogen-bond donors (Lipinski definition) is 1. The molecule has 0 aliphatic rings. The van der Waals surface area contributed by atoms with E-state index in [2.05, 4.69) is 29.5 Å². The average Bonchev–Trinajstić information content (AvgIpc) is 2.94. The molecule has 1 atom stereocenters. The van der Waals surface area contributed by atoms with E-state index in [-0.39, 0.29) is 6.10 Å². The van der Waals surface area contributed by atoms with E-state index < -0.39 is 0 Å². The smallest absolute Gasteiger partial charge is 0.212 e. The zero-order valence-electron chi connectivity index (χ0n) is 13.6. The number of ether oxygens (including phenoxy) is 2. The Morgan fingerprint density at radius 3 is 2.73 bits per heavy atom. The van der Waals surface area contributed by atoms with Crippen LogP contribution in [-0.2, 0) is 24.4 Å². The van der Waals surface area contributed by atoms with Gasteiger partial charge in [-0.2, -0.15) is 5.10 Å². The van der Waals surface area contributed by atoms with Gasteiger partial charge in [-0.3, -0.25) is 0 Å². The summed E-state index contributed by atoms with van der Waals surface area (Å²) in [6.45, 7) is 4.12. The molecule has 2 rings (SSSR count). The summed E-state index contributed by atoms with van der Waals surface area (Å²) < 4.78 is 13.2. The highest BCUT2D eigenvalue weighted by Gasteiger charge is 2.10. The Hall–Kier alpha value is -1.85. The third kappa shape index (κ3) is 4.86. The van der Waals surface area contributed by atoms with Crippen LogP contribution in [0.5, 0.6) is 5.88 Å². The van der Waals surface area contributed by atoms with Crippen molar-refractivity contribution in [2.24, 2.45) is 0 Å². The molecule has 1 unspecified atom stereocenters. The molecule has 0 radical (unpaired) electrons. The SMILES string of the molecule is CNCc1cc(OCc2ccccc2)n(CCC(C)OC)n1. The lowest BCUT2D eigenvalue weighted by molar-refractivity contribution is 0.104. The number of hydrogen-bond acceptors (Lipinski definition) is 4. The molecule has 1 heterocycles. The summed E-state index contributed by atoms with van der Waals surface area (Å²) in [6.07, 6.45) is 1.11. The van der Waals surface area contributed by atoms with Crippen LogP contribution in [-0.4, -0.2) is 30.0 Å². The fraction of sp³-hybridized carbons (Fsp3) is 0.471. The number of aromatic nitrogens is 2. The van der Waals surface area contributed by atoms with Gasteiger partial charge in [0.15, 0.2) is 0 Å². The minimum atomic E-state index is 0.207. The van der Waals surface area contributed by atoms with Crippen molar-refractivity contribution in [2.45, 2.75) is 39.1 Å². The Morgan fingerprint density at radius 1 is 1.27 bits per heavy atom. The predicted molar refractivity (Wildman–Crippen MR) is 86.9 cm³/mol. The van der Waals surface area contributed by atoms with E-state index in [1.165, 1.54) is 0 Å². The topological polar surface area (TPSA) is 48.3 Å². The van der Waals surface area contributed by atoms with Crippen LogP contribution in [0, 0.1) is 0 Å². The van der Waals surface area contributed by atoms with Crippen molar-refractivity contribution in [3.05, 3.63) is 47.7 Å². The van der Waals surface area contributed by atoms with Crippen LogP contribution >= 0.6 is 0 Å². The van der Waals surface area contributed by atoms with Crippen LogP contribution in [0.4, 0.5) is 0 Å². The summed E-state index contributed by atoms with van der Waals surface area (Å²) in [5.74, 6) is 0.803. The molecule has 5 heteroatoms. The summed E-state index contributed by atoms with van der Waals surface area (Å²) in [5.41, 5.74) is 2.13. The van der Waals surface area contributed by atoms with Gasteiger partial charge in [0.2, 0.25) is 5.88 Å². The molecule has 0 fully saturated rings. The number of benzene rings is 1. The standard InChI is InChI=1S/C17H25N3O2/c1-14(21-3)9-10-20-17(11-16(19-20)12-18-2)22-13-15-7-5-4-6-8-15/h4-8,11,14,18H,9-10,12-13H2,1-3H3. The van der Waals surface area contributed by atoms with Crippen molar-refractivity contribution >= 4 is 0 Å². The van der Waals surface area contributed by atoms with E-state index in [0.29, 0.717) is 6.61 Å². The maximum atomic E-state index is 5.95. The first-order valence-electron chi connectivity index (χ1n) is 7.63. The highest BCUT2D eigenvalue weighted by Crippen LogP contribution is 2.17. The van der Waals surface area contributed by atoms with Crippen LogP contribution in [0.2, 0.25) is 0 Å². The zero-order chi connectivity index (χ0) is 15.8. The maximum Gasteiger partial charge on any atom is 0.212 e. The molecule has 1 aromatic carbocycles. The second-order valence-corrected chi connectivity index (χ2v) is 5.34. The van der Waals surface area contributed by atoms with Crippen LogP contribution < -0.4 is 10.1 Å². The minimum Gasteiger partial charge on any atom is -0.473 e. The number of aryl methyl sites for hydroxylation is 1. The number of rotatable bonds is 9. The van der Waals surface area contributed by atoms with Crippen molar-refractivity contribution in [1.29, 1.82) is 0 Å². The van der Waals surface area contributed by atoms with E-state index in [9.17, 15) is 0 Å². The van der Waals surface area contributed by atoms with Crippen molar-refractivity contribution in [2.75, 3.05) is 14.2 Å². The highest BCUT2D eigenvalue weighted by atomic mass is 16.5. The first kappa shape index (κ1) is 16.5. The molecule has 0 aliphatic carbocycles. The molecule has 120 valence electrons. The number of nitrogens with zero attached hydrogens (tertiary/aromatic N) is 2. The van der Waals surface area contributed by atoms with Gasteiger partial charge in [-0.1, -0.05) is 30.3 Å². The predicted octanol–water partition coefficient (Wildman–Crippen LogP) is 2.61. The molecular weight excluding hydrogens is 278 g/mol. The van der Waals surface area contributed by atoms with Crippen LogP contribution in [0.1, 0.15) is 24.6 Å². The van der Waals surface area contributed by atoms with Gasteiger partial charge in [-0.05, 0) is 26.0 Å². The fourth-order valence-electron chi connectivity index (χ4n) is 2.15. The van der Waals surface area contributed by atoms with E-state index in [1.807, 2.05) is 36.0 Å². The monoisotopic (exact) mass is 303 g/mol. The molecule has 0 bridgehead atoms. The summed E-state index contributed by atoms with van der Waals surface area (Å²) in [4.78, 5) is 0. The lowest BCUT2D eigenvalue weighted by Gasteiger charge is -2.12. The first-order chi connectivity index (χ1) is 10.7. The van der Waals surface area contributed by atoms with Gasteiger partial charge in [0.1, 0.15) is 6.61 Å². The van der Waals surface area contributed by atoms with E-state index in [1.54, 1.807) is 7.11 Å². The van der Waals surface area contributed by atoms with Crippen LogP contribution in [0.3, 0.4) is 0 Å². The second-order valence-electron chi connectivity index (χ2n) is 5.34. The molecule has 0 amide bonds. The van der Waals surface area contributed by atoms with Crippen molar-refractivity contribution in [3.63, 3.8) is 0 Å². The number of methoxy groups -OCH3 is 1. The van der Waals surface area contributed by atoms with Gasteiger partial charge in [-0.15, -0.1) is 0 Å². The zero-order valence-corrected chi connectivity index (χ0v) is 13.6. The quantitative estimate of drug-likeness (QED) is 0.773. The van der Waals surface area contributed by atoms with Gasteiger partial charge in [0, 0.05) is 26.3 Å². The van der Waals surface area contributed by atoms with Gasteiger partial charge < -0.3 is 14.8 Å². The van der Waals surface area contributed by atoms with E-state index in [4.69, 9.17) is 9.47 Å². The molecule has 22 heavy (non-hydrogen) atoms. The highest BCUT2D eigenvalue weighted by molar-refractivity contribution is 5.18. The maximum absolute atomic E-state index is 5.95. The van der Waals surface area contributed by atoms with E-state index >= 15 is 0 Å². The lowest BCUT2D eigenvalue weighted by Crippen LogP contribution is -2.13. The third-order valence-electron chi connectivity index (χ3n) is 3.53. The fourth-order valence-corrected chi connectivity index (χ4v) is 2.15. The molecule has 5 nitrogen and oxygen atoms in total. The molecule has 0 saturated heterocycles. The average molecular weight is 303 g/mol. The summed E-state index contributed by atoms with van der Waals surface area (Å²) in [7, 11) is 3.64. The number of nitrogens with one attached hydrogen (secondary N) is 1. The Bertz CT molecular complexity index is 554. The lowest BCUT2D eigenvalue weighted by atomic mass is 10.2. The molecule has 0 saturated carbocycles. The molecule has 1 N–H and O–H groups in total. The Kier molecular flexibility index (Phi) is 6.43. The molecule has 2 aromatic rings. The van der Waals surface area contributed by atoms with Gasteiger partial charge in [-0.25, -0.2) is 4.68 Å². The molecule has 1 aromatic heterocycles. The Morgan fingerprint density at radius 2 is 2.05 bits per heavy atom. The van der Waals surface area contributed by atoms with Crippen molar-refractivity contribution < 1.29 is 9.47 Å². The Balaban J connectivity index is 2.03.